The average Bonchev–Trinajstić information content (AvgIpc) is 2.06. The maximum Gasteiger partial charge on any atom is 0.372 e. The van der Waals surface area contributed by atoms with Gasteiger partial charge in [-0.1, -0.05) is 23.8 Å². The SMILES string of the molecule is O=C(O)C(=O)CC1=CC=CCC1. The molecule has 0 amide bonds. The van der Waals surface area contributed by atoms with Gasteiger partial charge in [0.05, 0.1) is 0 Å². The lowest BCUT2D eigenvalue weighted by Crippen LogP contribution is -2.13. The predicted molar refractivity (Wildman–Crippen MR) is 43.7 cm³/mol. The van der Waals surface area contributed by atoms with E-state index in [9.17, 15) is 9.59 Å². The van der Waals surface area contributed by atoms with Gasteiger partial charge in [0, 0.05) is 6.42 Å². The van der Waals surface area contributed by atoms with Crippen LogP contribution in [0.5, 0.6) is 0 Å². The Labute approximate surface area is 70.4 Å². The second kappa shape index (κ2) is 3.85. The summed E-state index contributed by atoms with van der Waals surface area (Å²) in [6, 6.07) is 0. The zero-order valence-corrected chi connectivity index (χ0v) is 6.62. The Hall–Kier alpha value is -1.38. The van der Waals surface area contributed by atoms with E-state index >= 15 is 0 Å². The molecule has 1 rings (SSSR count). The third-order valence-electron chi connectivity index (χ3n) is 1.73. The molecule has 0 atom stereocenters. The summed E-state index contributed by atoms with van der Waals surface area (Å²) < 4.78 is 0. The first-order valence-corrected chi connectivity index (χ1v) is 3.81. The highest BCUT2D eigenvalue weighted by Gasteiger charge is 2.13. The summed E-state index contributed by atoms with van der Waals surface area (Å²) in [5.74, 6) is -2.07. The van der Waals surface area contributed by atoms with Crippen molar-refractivity contribution in [2.24, 2.45) is 0 Å². The van der Waals surface area contributed by atoms with Gasteiger partial charge in [0.25, 0.3) is 0 Å². The van der Waals surface area contributed by atoms with Crippen molar-refractivity contribution in [1.29, 1.82) is 0 Å². The summed E-state index contributed by atoms with van der Waals surface area (Å²) in [7, 11) is 0. The van der Waals surface area contributed by atoms with Crippen molar-refractivity contribution in [2.45, 2.75) is 19.3 Å². The molecule has 0 aromatic carbocycles. The van der Waals surface area contributed by atoms with Crippen molar-refractivity contribution in [2.75, 3.05) is 0 Å². The van der Waals surface area contributed by atoms with Gasteiger partial charge in [0.2, 0.25) is 5.78 Å². The Kier molecular flexibility index (Phi) is 2.80. The van der Waals surface area contributed by atoms with Crippen LogP contribution in [-0.4, -0.2) is 16.9 Å². The highest BCUT2D eigenvalue weighted by atomic mass is 16.4. The third kappa shape index (κ3) is 2.34. The molecule has 0 spiro atoms. The van der Waals surface area contributed by atoms with E-state index in [0.717, 1.165) is 18.4 Å². The standard InChI is InChI=1S/C9H10O3/c10-8(9(11)12)6-7-4-2-1-3-5-7/h1-2,4H,3,5-6H2,(H,11,12). The molecule has 3 nitrogen and oxygen atoms in total. The highest BCUT2D eigenvalue weighted by molar-refractivity contribution is 6.33. The van der Waals surface area contributed by atoms with Crippen molar-refractivity contribution in [3.8, 4) is 0 Å². The number of Topliss-reactive ketones (excluding diaryl/α,β-unsaturated/α-hetero) is 1. The van der Waals surface area contributed by atoms with Gasteiger partial charge in [-0.15, -0.1) is 0 Å². The number of hydrogen-bond acceptors (Lipinski definition) is 2. The minimum absolute atomic E-state index is 0.0552. The molecule has 0 aliphatic heterocycles. The minimum atomic E-state index is -1.34. The molecule has 12 heavy (non-hydrogen) atoms. The normalized spacial score (nSPS) is 15.5. The quantitative estimate of drug-likeness (QED) is 0.643. The molecule has 0 radical (unpaired) electrons. The smallest absolute Gasteiger partial charge is 0.372 e. The Bertz CT molecular complexity index is 261. The number of allylic oxidation sites excluding steroid dienone is 4. The van der Waals surface area contributed by atoms with Gasteiger partial charge in [0.1, 0.15) is 0 Å². The average molecular weight is 166 g/mol. The molecule has 0 heterocycles. The minimum Gasteiger partial charge on any atom is -0.475 e. The molecule has 1 aliphatic rings. The summed E-state index contributed by atoms with van der Waals surface area (Å²) in [6.07, 6.45) is 7.42. The molecule has 0 saturated heterocycles. The molecule has 0 saturated carbocycles. The van der Waals surface area contributed by atoms with E-state index < -0.39 is 11.8 Å². The number of hydrogen-bond donors (Lipinski definition) is 1. The van der Waals surface area contributed by atoms with Crippen LogP contribution in [0.4, 0.5) is 0 Å². The summed E-state index contributed by atoms with van der Waals surface area (Å²) in [6.45, 7) is 0. The Balaban J connectivity index is 2.51. The lowest BCUT2D eigenvalue weighted by molar-refractivity contribution is -0.148. The van der Waals surface area contributed by atoms with Crippen molar-refractivity contribution in [3.05, 3.63) is 23.8 Å². The van der Waals surface area contributed by atoms with Crippen molar-refractivity contribution >= 4 is 11.8 Å². The van der Waals surface area contributed by atoms with Gasteiger partial charge in [-0.3, -0.25) is 4.79 Å². The Morgan fingerprint density at radius 1 is 1.50 bits per heavy atom. The molecule has 1 aliphatic carbocycles. The van der Waals surface area contributed by atoms with Crippen LogP contribution >= 0.6 is 0 Å². The van der Waals surface area contributed by atoms with Crippen molar-refractivity contribution < 1.29 is 14.7 Å². The maximum absolute atomic E-state index is 10.7. The molecule has 0 aromatic rings. The summed E-state index contributed by atoms with van der Waals surface area (Å²) >= 11 is 0. The molecule has 3 heteroatoms. The van der Waals surface area contributed by atoms with E-state index in [4.69, 9.17) is 5.11 Å². The first-order chi connectivity index (χ1) is 5.70. The fourth-order valence-corrected chi connectivity index (χ4v) is 1.08. The summed E-state index contributed by atoms with van der Waals surface area (Å²) in [5, 5.41) is 8.32. The predicted octanol–water partition coefficient (Wildman–Crippen LogP) is 1.31. The topological polar surface area (TPSA) is 54.4 Å². The fraction of sp³-hybridized carbons (Fsp3) is 0.333. The first-order valence-electron chi connectivity index (χ1n) is 3.81. The molecule has 64 valence electrons. The Morgan fingerprint density at radius 2 is 2.25 bits per heavy atom. The van der Waals surface area contributed by atoms with Crippen molar-refractivity contribution in [1.82, 2.24) is 0 Å². The monoisotopic (exact) mass is 166 g/mol. The number of rotatable bonds is 3. The summed E-state index contributed by atoms with van der Waals surface area (Å²) in [4.78, 5) is 20.9. The van der Waals surface area contributed by atoms with Crippen LogP contribution in [0, 0.1) is 0 Å². The molecular formula is C9H10O3. The molecule has 0 aromatic heterocycles. The molecule has 0 fully saturated rings. The first kappa shape index (κ1) is 8.71. The van der Waals surface area contributed by atoms with E-state index in [-0.39, 0.29) is 6.42 Å². The fourth-order valence-electron chi connectivity index (χ4n) is 1.08. The van der Waals surface area contributed by atoms with E-state index in [1.807, 2.05) is 18.2 Å². The van der Waals surface area contributed by atoms with Crippen molar-refractivity contribution in [3.63, 3.8) is 0 Å². The lowest BCUT2D eigenvalue weighted by Gasteiger charge is -2.05. The number of carbonyl (C=O) groups is 2. The van der Waals surface area contributed by atoms with Gasteiger partial charge >= 0.3 is 5.97 Å². The van der Waals surface area contributed by atoms with Crippen LogP contribution < -0.4 is 0 Å². The number of ketones is 1. The lowest BCUT2D eigenvalue weighted by atomic mass is 10.0. The summed E-state index contributed by atoms with van der Waals surface area (Å²) in [5.41, 5.74) is 0.907. The zero-order chi connectivity index (χ0) is 8.97. The largest absolute Gasteiger partial charge is 0.475 e. The van der Waals surface area contributed by atoms with Gasteiger partial charge in [-0.2, -0.15) is 0 Å². The van der Waals surface area contributed by atoms with Crippen LogP contribution in [0.1, 0.15) is 19.3 Å². The molecular weight excluding hydrogens is 156 g/mol. The van der Waals surface area contributed by atoms with E-state index in [2.05, 4.69) is 0 Å². The number of carbonyl (C=O) groups excluding carboxylic acids is 1. The maximum atomic E-state index is 10.7. The van der Waals surface area contributed by atoms with Crippen LogP contribution in [-0.2, 0) is 9.59 Å². The van der Waals surface area contributed by atoms with Crippen LogP contribution in [0.3, 0.4) is 0 Å². The number of aliphatic carboxylic acids is 1. The van der Waals surface area contributed by atoms with Gasteiger partial charge in [-0.05, 0) is 12.8 Å². The Morgan fingerprint density at radius 3 is 2.75 bits per heavy atom. The van der Waals surface area contributed by atoms with Crippen LogP contribution in [0.2, 0.25) is 0 Å². The van der Waals surface area contributed by atoms with Gasteiger partial charge < -0.3 is 5.11 Å². The van der Waals surface area contributed by atoms with Gasteiger partial charge in [0.15, 0.2) is 0 Å². The van der Waals surface area contributed by atoms with Crippen LogP contribution in [0.25, 0.3) is 0 Å². The van der Waals surface area contributed by atoms with E-state index in [1.54, 1.807) is 0 Å². The van der Waals surface area contributed by atoms with E-state index in [1.165, 1.54) is 0 Å². The second-order valence-electron chi connectivity index (χ2n) is 2.70. The zero-order valence-electron chi connectivity index (χ0n) is 6.62. The number of carboxylic acids is 1. The van der Waals surface area contributed by atoms with Crippen LogP contribution in [0.15, 0.2) is 23.8 Å². The molecule has 0 unspecified atom stereocenters. The number of carboxylic acid groups (broad SMARTS) is 1. The molecule has 0 bridgehead atoms. The van der Waals surface area contributed by atoms with Gasteiger partial charge in [-0.25, -0.2) is 4.79 Å². The van der Waals surface area contributed by atoms with E-state index in [0.29, 0.717) is 0 Å². The highest BCUT2D eigenvalue weighted by Crippen LogP contribution is 2.15. The molecule has 1 N–H and O–H groups in total. The third-order valence-corrected chi connectivity index (χ3v) is 1.73. The second-order valence-corrected chi connectivity index (χ2v) is 2.70.